The van der Waals surface area contributed by atoms with E-state index in [1.165, 1.54) is 24.2 Å². The number of piperidine rings is 1. The summed E-state index contributed by atoms with van der Waals surface area (Å²) in [5, 5.41) is 6.86. The molecule has 2 saturated heterocycles. The van der Waals surface area contributed by atoms with Crippen LogP contribution in [-0.4, -0.2) is 56.7 Å². The predicted molar refractivity (Wildman–Crippen MR) is 123 cm³/mol. The number of hydrogen-bond acceptors (Lipinski definition) is 6. The van der Waals surface area contributed by atoms with Gasteiger partial charge in [-0.2, -0.15) is 5.10 Å². The number of aryl methyl sites for hydroxylation is 2. The molecule has 5 rings (SSSR count). The van der Waals surface area contributed by atoms with Crippen molar-refractivity contribution in [3.05, 3.63) is 46.0 Å². The first-order valence-electron chi connectivity index (χ1n) is 11.0. The summed E-state index contributed by atoms with van der Waals surface area (Å²) in [6, 6.07) is 3.96. The minimum absolute atomic E-state index is 0.138. The third-order valence-corrected chi connectivity index (χ3v) is 7.24. The third-order valence-electron chi connectivity index (χ3n) is 6.20. The van der Waals surface area contributed by atoms with E-state index in [9.17, 15) is 4.79 Å². The second kappa shape index (κ2) is 8.42. The fourth-order valence-corrected chi connectivity index (χ4v) is 5.52. The monoisotopic (exact) mass is 436 g/mol. The van der Waals surface area contributed by atoms with Gasteiger partial charge >= 0.3 is 0 Å². The van der Waals surface area contributed by atoms with Gasteiger partial charge in [0.05, 0.1) is 16.3 Å². The number of hydrogen-bond donors (Lipinski definition) is 0. The van der Waals surface area contributed by atoms with Crippen molar-refractivity contribution >= 4 is 23.2 Å². The fraction of sp³-hybridized carbons (Fsp3) is 0.478. The molecule has 1 amide bonds. The quantitative estimate of drug-likeness (QED) is 0.621. The predicted octanol–water partition coefficient (Wildman–Crippen LogP) is 3.87. The summed E-state index contributed by atoms with van der Waals surface area (Å²) in [5.74, 6) is 1.15. The van der Waals surface area contributed by atoms with E-state index in [-0.39, 0.29) is 11.8 Å². The molecule has 0 bridgehead atoms. The number of carbonyl (C=O) groups is 1. The summed E-state index contributed by atoms with van der Waals surface area (Å²) in [4.78, 5) is 27.5. The molecule has 2 aliphatic rings. The van der Waals surface area contributed by atoms with Gasteiger partial charge in [0.1, 0.15) is 0 Å². The zero-order chi connectivity index (χ0) is 21.4. The highest BCUT2D eigenvalue weighted by molar-refractivity contribution is 7.12. The molecule has 0 saturated carbocycles. The molecule has 0 aromatic carbocycles. The lowest BCUT2D eigenvalue weighted by Gasteiger charge is -2.32. The summed E-state index contributed by atoms with van der Waals surface area (Å²) < 4.78 is 1.87. The summed E-state index contributed by atoms with van der Waals surface area (Å²) in [5.41, 5.74) is 4.15. The summed E-state index contributed by atoms with van der Waals surface area (Å²) in [6.45, 7) is 5.58. The number of nitrogens with zero attached hydrogens (tertiary/aromatic N) is 6. The summed E-state index contributed by atoms with van der Waals surface area (Å²) in [6.07, 6.45) is 8.31. The van der Waals surface area contributed by atoms with Crippen LogP contribution in [0.2, 0.25) is 0 Å². The van der Waals surface area contributed by atoms with Crippen LogP contribution in [0, 0.1) is 6.92 Å². The maximum atomic E-state index is 13.0. The van der Waals surface area contributed by atoms with Crippen LogP contribution >= 0.6 is 11.3 Å². The van der Waals surface area contributed by atoms with Crippen molar-refractivity contribution in [1.82, 2.24) is 24.6 Å². The molecule has 1 atom stereocenters. The van der Waals surface area contributed by atoms with Crippen LogP contribution in [0.3, 0.4) is 0 Å². The van der Waals surface area contributed by atoms with Crippen LogP contribution in [0.4, 0.5) is 5.95 Å². The Hall–Kier alpha value is -2.74. The first-order valence-corrected chi connectivity index (χ1v) is 11.9. The number of rotatable bonds is 4. The van der Waals surface area contributed by atoms with Crippen LogP contribution in [-0.2, 0) is 7.05 Å². The zero-order valence-corrected chi connectivity index (χ0v) is 18.9. The molecule has 31 heavy (non-hydrogen) atoms. The highest BCUT2D eigenvalue weighted by Gasteiger charge is 2.30. The fourth-order valence-electron chi connectivity index (χ4n) is 4.66. The van der Waals surface area contributed by atoms with Crippen molar-refractivity contribution in [2.24, 2.45) is 7.05 Å². The van der Waals surface area contributed by atoms with Crippen molar-refractivity contribution in [3.63, 3.8) is 0 Å². The number of thiophene rings is 1. The first kappa shape index (κ1) is 20.2. The molecule has 0 N–H and O–H groups in total. The Morgan fingerprint density at radius 1 is 1.19 bits per heavy atom. The van der Waals surface area contributed by atoms with E-state index in [2.05, 4.69) is 16.1 Å². The molecule has 0 radical (unpaired) electrons. The van der Waals surface area contributed by atoms with Gasteiger partial charge in [-0.15, -0.1) is 11.3 Å². The Morgan fingerprint density at radius 2 is 2.03 bits per heavy atom. The summed E-state index contributed by atoms with van der Waals surface area (Å²) >= 11 is 1.53. The van der Waals surface area contributed by atoms with Gasteiger partial charge in [-0.1, -0.05) is 0 Å². The lowest BCUT2D eigenvalue weighted by Crippen LogP contribution is -2.39. The van der Waals surface area contributed by atoms with Crippen LogP contribution in [0.15, 0.2) is 29.9 Å². The molecule has 7 nitrogen and oxygen atoms in total. The number of anilines is 1. The van der Waals surface area contributed by atoms with Crippen LogP contribution in [0.25, 0.3) is 11.3 Å². The first-order chi connectivity index (χ1) is 15.1. The molecule has 3 aromatic heterocycles. The third kappa shape index (κ3) is 4.08. The molecule has 2 fully saturated rings. The minimum atomic E-state index is 0.138. The number of aromatic nitrogens is 4. The average Bonchev–Trinajstić information content (AvgIpc) is 3.54. The lowest BCUT2D eigenvalue weighted by molar-refractivity contribution is 0.0710. The van der Waals surface area contributed by atoms with E-state index in [0.29, 0.717) is 6.54 Å². The average molecular weight is 437 g/mol. The Labute approximate surface area is 186 Å². The van der Waals surface area contributed by atoms with Crippen molar-refractivity contribution in [2.75, 3.05) is 31.1 Å². The molecule has 2 aliphatic heterocycles. The molecular formula is C23H28N6OS. The SMILES string of the molecule is Cc1csc(C(=O)N2CCC[C@@H](c3nn(C)cc3-c3ccnc(N4CCCC4)n3)C2)c1. The van der Waals surface area contributed by atoms with Crippen molar-refractivity contribution < 1.29 is 4.79 Å². The smallest absolute Gasteiger partial charge is 0.263 e. The standard InChI is InChI=1S/C23H28N6OS/c1-16-12-20(31-15-16)22(30)29-11-5-6-17(13-29)21-18(14-27(2)26-21)19-7-8-24-23(25-19)28-9-3-4-10-28/h7-8,12,14-15,17H,3-6,9-11,13H2,1-2H3/t17-/m1/s1. The Kier molecular flexibility index (Phi) is 5.48. The Morgan fingerprint density at radius 3 is 2.81 bits per heavy atom. The van der Waals surface area contributed by atoms with E-state index in [1.807, 2.05) is 47.3 Å². The molecule has 0 aliphatic carbocycles. The van der Waals surface area contributed by atoms with Crippen molar-refractivity contribution in [3.8, 4) is 11.3 Å². The Bertz CT molecular complexity index is 1080. The van der Waals surface area contributed by atoms with Gasteiger partial charge in [0, 0.05) is 57.1 Å². The van der Waals surface area contributed by atoms with Gasteiger partial charge in [-0.05, 0) is 55.7 Å². The van der Waals surface area contributed by atoms with Gasteiger partial charge < -0.3 is 9.80 Å². The van der Waals surface area contributed by atoms with Gasteiger partial charge in [-0.3, -0.25) is 9.48 Å². The van der Waals surface area contributed by atoms with Crippen LogP contribution in [0.1, 0.15) is 52.5 Å². The minimum Gasteiger partial charge on any atom is -0.341 e. The van der Waals surface area contributed by atoms with Crippen molar-refractivity contribution in [1.29, 1.82) is 0 Å². The maximum absolute atomic E-state index is 13.0. The van der Waals surface area contributed by atoms with Crippen LogP contribution < -0.4 is 4.90 Å². The highest BCUT2D eigenvalue weighted by Crippen LogP contribution is 2.34. The van der Waals surface area contributed by atoms with E-state index in [0.717, 1.165) is 65.8 Å². The normalized spacial score (nSPS) is 19.2. The van der Waals surface area contributed by atoms with Gasteiger partial charge in [-0.25, -0.2) is 9.97 Å². The number of amides is 1. The second-order valence-electron chi connectivity index (χ2n) is 8.62. The molecule has 5 heterocycles. The number of carbonyl (C=O) groups excluding carboxylic acids is 1. The molecule has 0 spiro atoms. The van der Waals surface area contributed by atoms with Gasteiger partial charge in [0.2, 0.25) is 5.95 Å². The van der Waals surface area contributed by atoms with E-state index in [1.54, 1.807) is 0 Å². The molecule has 162 valence electrons. The van der Waals surface area contributed by atoms with Crippen molar-refractivity contribution in [2.45, 2.75) is 38.5 Å². The van der Waals surface area contributed by atoms with Gasteiger partial charge in [0.25, 0.3) is 5.91 Å². The molecule has 8 heteroatoms. The zero-order valence-electron chi connectivity index (χ0n) is 18.1. The second-order valence-corrected chi connectivity index (χ2v) is 9.53. The Balaban J connectivity index is 1.41. The summed E-state index contributed by atoms with van der Waals surface area (Å²) in [7, 11) is 1.95. The maximum Gasteiger partial charge on any atom is 0.263 e. The number of likely N-dealkylation sites (tertiary alicyclic amines) is 1. The van der Waals surface area contributed by atoms with Crippen LogP contribution in [0.5, 0.6) is 0 Å². The molecule has 0 unspecified atom stereocenters. The van der Waals surface area contributed by atoms with E-state index in [4.69, 9.17) is 10.1 Å². The topological polar surface area (TPSA) is 67.2 Å². The highest BCUT2D eigenvalue weighted by atomic mass is 32.1. The lowest BCUT2D eigenvalue weighted by atomic mass is 9.91. The van der Waals surface area contributed by atoms with E-state index < -0.39 is 0 Å². The molecular weight excluding hydrogens is 408 g/mol. The largest absolute Gasteiger partial charge is 0.341 e. The van der Waals surface area contributed by atoms with Gasteiger partial charge in [0.15, 0.2) is 0 Å². The molecule has 3 aromatic rings. The van der Waals surface area contributed by atoms with E-state index >= 15 is 0 Å².